The summed E-state index contributed by atoms with van der Waals surface area (Å²) >= 11 is 0. The molecule has 0 bridgehead atoms. The third kappa shape index (κ3) is 2.48. The molecule has 3 nitrogen and oxygen atoms in total. The van der Waals surface area contributed by atoms with Gasteiger partial charge in [0.25, 0.3) is 0 Å². The number of alkyl halides is 3. The van der Waals surface area contributed by atoms with Gasteiger partial charge in [-0.25, -0.2) is 9.97 Å². The number of hydrogen-bond donors (Lipinski definition) is 1. The molecule has 1 aromatic carbocycles. The number of nitrogens with two attached hydrogens (primary N) is 1. The molecule has 0 saturated heterocycles. The van der Waals surface area contributed by atoms with Gasteiger partial charge in [-0.3, -0.25) is 0 Å². The summed E-state index contributed by atoms with van der Waals surface area (Å²) in [6, 6.07) is 7.70. The summed E-state index contributed by atoms with van der Waals surface area (Å²) in [6.45, 7) is 0.218. The first kappa shape index (κ1) is 12.5. The van der Waals surface area contributed by atoms with E-state index in [0.717, 1.165) is 12.3 Å². The zero-order valence-electron chi connectivity index (χ0n) is 9.28. The molecule has 0 spiro atoms. The molecule has 2 N–H and O–H groups in total. The normalized spacial score (nSPS) is 11.6. The van der Waals surface area contributed by atoms with Crippen LogP contribution in [0.5, 0.6) is 0 Å². The van der Waals surface area contributed by atoms with Crippen molar-refractivity contribution in [1.29, 1.82) is 0 Å². The van der Waals surface area contributed by atoms with Crippen LogP contribution in [0.15, 0.2) is 36.5 Å². The first-order valence-corrected chi connectivity index (χ1v) is 5.21. The molecule has 1 aromatic heterocycles. The maximum absolute atomic E-state index is 12.6. The lowest BCUT2D eigenvalue weighted by atomic mass is 10.1. The van der Waals surface area contributed by atoms with Crippen LogP contribution in [0.1, 0.15) is 11.3 Å². The van der Waals surface area contributed by atoms with E-state index in [1.54, 1.807) is 24.3 Å². The topological polar surface area (TPSA) is 51.8 Å². The lowest BCUT2D eigenvalue weighted by Crippen LogP contribution is -2.09. The Morgan fingerprint density at radius 2 is 1.83 bits per heavy atom. The van der Waals surface area contributed by atoms with Gasteiger partial charge >= 0.3 is 6.18 Å². The van der Waals surface area contributed by atoms with Gasteiger partial charge in [-0.1, -0.05) is 24.3 Å². The highest BCUT2D eigenvalue weighted by molar-refractivity contribution is 5.60. The smallest absolute Gasteiger partial charge is 0.326 e. The van der Waals surface area contributed by atoms with Gasteiger partial charge in [0.2, 0.25) is 0 Å². The number of benzene rings is 1. The molecule has 2 aromatic rings. The molecule has 6 heteroatoms. The summed E-state index contributed by atoms with van der Waals surface area (Å²) in [4.78, 5) is 7.40. The fourth-order valence-corrected chi connectivity index (χ4v) is 1.56. The number of rotatable bonds is 2. The fraction of sp³-hybridized carbons (Fsp3) is 0.167. The fourth-order valence-electron chi connectivity index (χ4n) is 1.56. The zero-order chi connectivity index (χ0) is 13.2. The van der Waals surface area contributed by atoms with Crippen molar-refractivity contribution in [3.8, 4) is 11.4 Å². The van der Waals surface area contributed by atoms with Crippen LogP contribution in [0.25, 0.3) is 11.4 Å². The molecule has 0 aliphatic heterocycles. The van der Waals surface area contributed by atoms with Crippen molar-refractivity contribution < 1.29 is 13.2 Å². The van der Waals surface area contributed by atoms with Gasteiger partial charge in [0.05, 0.1) is 0 Å². The Morgan fingerprint density at radius 1 is 1.11 bits per heavy atom. The van der Waals surface area contributed by atoms with Crippen molar-refractivity contribution in [3.63, 3.8) is 0 Å². The largest absolute Gasteiger partial charge is 0.433 e. The average molecular weight is 253 g/mol. The zero-order valence-corrected chi connectivity index (χ0v) is 9.28. The van der Waals surface area contributed by atoms with Crippen LogP contribution in [0.2, 0.25) is 0 Å². The molecule has 0 radical (unpaired) electrons. The van der Waals surface area contributed by atoms with Gasteiger partial charge in [0.15, 0.2) is 5.82 Å². The molecule has 0 amide bonds. The Bertz CT molecular complexity index is 552. The predicted octanol–water partition coefficient (Wildman–Crippen LogP) is 2.62. The van der Waals surface area contributed by atoms with E-state index in [0.29, 0.717) is 11.1 Å². The van der Waals surface area contributed by atoms with Crippen molar-refractivity contribution in [2.45, 2.75) is 12.7 Å². The van der Waals surface area contributed by atoms with Crippen LogP contribution < -0.4 is 5.73 Å². The van der Waals surface area contributed by atoms with E-state index in [4.69, 9.17) is 5.73 Å². The number of nitrogens with zero attached hydrogens (tertiary/aromatic N) is 2. The molecular formula is C12H10F3N3. The lowest BCUT2D eigenvalue weighted by molar-refractivity contribution is -0.141. The summed E-state index contributed by atoms with van der Waals surface area (Å²) in [5.41, 5.74) is 5.80. The summed E-state index contributed by atoms with van der Waals surface area (Å²) in [5.74, 6) is 0.0332. The van der Waals surface area contributed by atoms with Crippen molar-refractivity contribution in [2.24, 2.45) is 5.73 Å². The second-order valence-corrected chi connectivity index (χ2v) is 3.62. The molecule has 18 heavy (non-hydrogen) atoms. The van der Waals surface area contributed by atoms with E-state index < -0.39 is 11.9 Å². The molecule has 94 valence electrons. The minimum atomic E-state index is -4.48. The first-order chi connectivity index (χ1) is 8.52. The summed E-state index contributed by atoms with van der Waals surface area (Å²) in [6.07, 6.45) is -3.38. The molecule has 1 heterocycles. The van der Waals surface area contributed by atoms with Gasteiger partial charge in [-0.15, -0.1) is 0 Å². The third-order valence-corrected chi connectivity index (χ3v) is 2.42. The summed E-state index contributed by atoms with van der Waals surface area (Å²) < 4.78 is 37.7. The van der Waals surface area contributed by atoms with E-state index >= 15 is 0 Å². The predicted molar refractivity (Wildman–Crippen MR) is 60.4 cm³/mol. The average Bonchev–Trinajstić information content (AvgIpc) is 2.38. The quantitative estimate of drug-likeness (QED) is 0.895. The van der Waals surface area contributed by atoms with Gasteiger partial charge in [0.1, 0.15) is 5.69 Å². The molecular weight excluding hydrogens is 243 g/mol. The lowest BCUT2D eigenvalue weighted by Gasteiger charge is -2.09. The van der Waals surface area contributed by atoms with Crippen LogP contribution >= 0.6 is 0 Å². The monoisotopic (exact) mass is 253 g/mol. The second-order valence-electron chi connectivity index (χ2n) is 3.62. The molecule has 0 unspecified atom stereocenters. The van der Waals surface area contributed by atoms with Crippen LogP contribution in [0.4, 0.5) is 13.2 Å². The SMILES string of the molecule is NCc1ccccc1-c1nccc(C(F)(F)F)n1. The van der Waals surface area contributed by atoms with Crippen LogP contribution in [0, 0.1) is 0 Å². The second kappa shape index (κ2) is 4.73. The Balaban J connectivity index is 2.51. The molecule has 2 rings (SSSR count). The molecule has 0 aliphatic carbocycles. The van der Waals surface area contributed by atoms with Gasteiger partial charge in [-0.05, 0) is 11.6 Å². The van der Waals surface area contributed by atoms with Gasteiger partial charge in [0, 0.05) is 18.3 Å². The number of aromatic nitrogens is 2. The molecule has 0 saturated carbocycles. The van der Waals surface area contributed by atoms with E-state index in [2.05, 4.69) is 9.97 Å². The first-order valence-electron chi connectivity index (χ1n) is 5.21. The number of hydrogen-bond acceptors (Lipinski definition) is 3. The highest BCUT2D eigenvalue weighted by atomic mass is 19.4. The Labute approximate surface area is 101 Å². The molecule has 0 fully saturated rings. The minimum Gasteiger partial charge on any atom is -0.326 e. The van der Waals surface area contributed by atoms with E-state index in [9.17, 15) is 13.2 Å². The number of halogens is 3. The standard InChI is InChI=1S/C12H10F3N3/c13-12(14,15)10-5-6-17-11(18-10)9-4-2-1-3-8(9)7-16/h1-6H,7,16H2. The Morgan fingerprint density at radius 3 is 2.50 bits per heavy atom. The van der Waals surface area contributed by atoms with Crippen molar-refractivity contribution in [3.05, 3.63) is 47.8 Å². The van der Waals surface area contributed by atoms with Crippen LogP contribution in [0.3, 0.4) is 0 Å². The van der Waals surface area contributed by atoms with Crippen LogP contribution in [-0.4, -0.2) is 9.97 Å². The highest BCUT2D eigenvalue weighted by Crippen LogP contribution is 2.29. The van der Waals surface area contributed by atoms with Crippen molar-refractivity contribution in [2.75, 3.05) is 0 Å². The third-order valence-electron chi connectivity index (χ3n) is 2.42. The van der Waals surface area contributed by atoms with E-state index in [1.807, 2.05) is 0 Å². The minimum absolute atomic E-state index is 0.0332. The van der Waals surface area contributed by atoms with Crippen molar-refractivity contribution >= 4 is 0 Å². The van der Waals surface area contributed by atoms with Gasteiger partial charge in [-0.2, -0.15) is 13.2 Å². The molecule has 0 atom stereocenters. The summed E-state index contributed by atoms with van der Waals surface area (Å²) in [7, 11) is 0. The maximum atomic E-state index is 12.6. The van der Waals surface area contributed by atoms with E-state index in [1.165, 1.54) is 0 Å². The Hall–Kier alpha value is -1.95. The van der Waals surface area contributed by atoms with Crippen LogP contribution in [-0.2, 0) is 12.7 Å². The van der Waals surface area contributed by atoms with Gasteiger partial charge < -0.3 is 5.73 Å². The van der Waals surface area contributed by atoms with E-state index in [-0.39, 0.29) is 12.4 Å². The Kier molecular flexibility index (Phi) is 3.29. The van der Waals surface area contributed by atoms with Crippen molar-refractivity contribution in [1.82, 2.24) is 9.97 Å². The summed E-state index contributed by atoms with van der Waals surface area (Å²) in [5, 5.41) is 0. The molecule has 0 aliphatic rings. The maximum Gasteiger partial charge on any atom is 0.433 e. The highest BCUT2D eigenvalue weighted by Gasteiger charge is 2.32.